The van der Waals surface area contributed by atoms with Crippen LogP contribution in [0.25, 0.3) is 0 Å². The topological polar surface area (TPSA) is 38.3 Å². The van der Waals surface area contributed by atoms with E-state index < -0.39 is 6.09 Å². The number of fused-ring (bicyclic) bond motifs is 2. The van der Waals surface area contributed by atoms with Gasteiger partial charge in [-0.05, 0) is 66.8 Å². The number of hydrogen-bond acceptors (Lipinski definition) is 2. The molecule has 3 nitrogen and oxygen atoms in total. The molecule has 0 heterocycles. The van der Waals surface area contributed by atoms with Crippen LogP contribution in [0.4, 0.5) is 10.5 Å². The van der Waals surface area contributed by atoms with Gasteiger partial charge in [-0.2, -0.15) is 0 Å². The Morgan fingerprint density at radius 3 is 2.61 bits per heavy atom. The van der Waals surface area contributed by atoms with Gasteiger partial charge in [0, 0.05) is 5.69 Å². The number of carbonyl (C=O) groups excluding carboxylic acids is 1. The number of ether oxygens (including phenoxy) is 1. The Morgan fingerprint density at radius 1 is 1.00 bits per heavy atom. The first-order valence-electron chi connectivity index (χ1n) is 8.42. The number of anilines is 1. The summed E-state index contributed by atoms with van der Waals surface area (Å²) >= 11 is 0. The zero-order valence-electron chi connectivity index (χ0n) is 13.1. The molecule has 2 aromatic rings. The lowest BCUT2D eigenvalue weighted by Crippen LogP contribution is -2.17. The predicted octanol–water partition coefficient (Wildman–Crippen LogP) is 5.20. The van der Waals surface area contributed by atoms with Crippen LogP contribution in [0.2, 0.25) is 0 Å². The summed E-state index contributed by atoms with van der Waals surface area (Å²) in [6.07, 6.45) is 4.99. The fraction of sp³-hybridized carbons (Fsp3) is 0.350. The van der Waals surface area contributed by atoms with Crippen LogP contribution in [0.15, 0.2) is 54.6 Å². The highest BCUT2D eigenvalue weighted by molar-refractivity contribution is 5.86. The first-order chi connectivity index (χ1) is 11.3. The highest BCUT2D eigenvalue weighted by atomic mass is 16.6. The molecule has 0 radical (unpaired) electrons. The Kier molecular flexibility index (Phi) is 3.78. The van der Waals surface area contributed by atoms with Crippen LogP contribution in [0.1, 0.15) is 37.2 Å². The molecule has 2 aliphatic rings. The van der Waals surface area contributed by atoms with Gasteiger partial charge >= 0.3 is 6.09 Å². The third-order valence-corrected chi connectivity index (χ3v) is 5.26. The average Bonchev–Trinajstić information content (AvgIpc) is 3.19. The highest BCUT2D eigenvalue weighted by Gasteiger charge is 2.40. The van der Waals surface area contributed by atoms with Crippen molar-refractivity contribution >= 4 is 11.8 Å². The van der Waals surface area contributed by atoms with Crippen LogP contribution >= 0.6 is 0 Å². The van der Waals surface area contributed by atoms with Gasteiger partial charge in [0.25, 0.3) is 0 Å². The maximum Gasteiger partial charge on any atom is 0.417 e. The van der Waals surface area contributed by atoms with Crippen molar-refractivity contribution in [3.63, 3.8) is 0 Å². The van der Waals surface area contributed by atoms with Crippen molar-refractivity contribution in [2.75, 3.05) is 5.32 Å². The second-order valence-corrected chi connectivity index (χ2v) is 6.73. The van der Waals surface area contributed by atoms with Gasteiger partial charge in [0.15, 0.2) is 0 Å². The molecule has 2 bridgehead atoms. The van der Waals surface area contributed by atoms with Crippen LogP contribution in [0.3, 0.4) is 0 Å². The van der Waals surface area contributed by atoms with Crippen molar-refractivity contribution in [3.05, 3.63) is 60.2 Å². The summed E-state index contributed by atoms with van der Waals surface area (Å²) in [6.45, 7) is 0. The Labute approximate surface area is 136 Å². The quantitative estimate of drug-likeness (QED) is 0.846. The standard InChI is InChI=1S/C20H21NO2/c22-20(21-17-6-2-1-3-7-17)23-18-8-4-5-15(13-18)19-12-14-9-10-16(19)11-14/h1-8,13-14,16,19H,9-12H2,(H,21,22)/t14-,16+,19+/m0/s1. The third kappa shape index (κ3) is 3.09. The minimum atomic E-state index is -0.443. The summed E-state index contributed by atoms with van der Waals surface area (Å²) in [5, 5.41) is 2.75. The van der Waals surface area contributed by atoms with Crippen LogP contribution in [0, 0.1) is 11.8 Å². The van der Waals surface area contributed by atoms with Crippen LogP contribution in [-0.4, -0.2) is 6.09 Å². The molecule has 0 unspecified atom stereocenters. The lowest BCUT2D eigenvalue weighted by Gasteiger charge is -2.22. The molecular formula is C20H21NO2. The van der Waals surface area contributed by atoms with Crippen molar-refractivity contribution in [1.29, 1.82) is 0 Å². The normalized spacial score (nSPS) is 25.3. The molecule has 3 atom stereocenters. The molecule has 2 aromatic carbocycles. The number of benzene rings is 2. The number of rotatable bonds is 3. The smallest absolute Gasteiger partial charge is 0.410 e. The van der Waals surface area contributed by atoms with Crippen molar-refractivity contribution in [1.82, 2.24) is 0 Å². The van der Waals surface area contributed by atoms with Crippen LogP contribution < -0.4 is 10.1 Å². The summed E-state index contributed by atoms with van der Waals surface area (Å²) in [4.78, 5) is 12.0. The fourth-order valence-electron chi connectivity index (χ4n) is 4.23. The Hall–Kier alpha value is -2.29. The maximum absolute atomic E-state index is 12.0. The molecule has 3 heteroatoms. The Balaban J connectivity index is 1.43. The summed E-state index contributed by atoms with van der Waals surface area (Å²) in [5.74, 6) is 3.01. The third-order valence-electron chi connectivity index (χ3n) is 5.26. The summed E-state index contributed by atoms with van der Waals surface area (Å²) in [6, 6.07) is 17.4. The predicted molar refractivity (Wildman–Crippen MR) is 90.7 cm³/mol. The molecule has 0 aromatic heterocycles. The lowest BCUT2D eigenvalue weighted by molar-refractivity contribution is 0.215. The van der Waals surface area contributed by atoms with E-state index in [9.17, 15) is 4.79 Å². The molecule has 118 valence electrons. The fourth-order valence-corrected chi connectivity index (χ4v) is 4.23. The van der Waals surface area contributed by atoms with Crippen LogP contribution in [0.5, 0.6) is 5.75 Å². The van der Waals surface area contributed by atoms with Crippen molar-refractivity contribution in [2.45, 2.75) is 31.6 Å². The first kappa shape index (κ1) is 14.3. The molecule has 2 fully saturated rings. The number of para-hydroxylation sites is 1. The molecule has 4 rings (SSSR count). The SMILES string of the molecule is O=C(Nc1ccccc1)Oc1cccc([C@H]2C[C@H]3CC[C@@H]2C3)c1. The van der Waals surface area contributed by atoms with Crippen molar-refractivity contribution in [2.24, 2.45) is 11.8 Å². The van der Waals surface area contributed by atoms with E-state index in [4.69, 9.17) is 4.74 Å². The second-order valence-electron chi connectivity index (χ2n) is 6.73. The maximum atomic E-state index is 12.0. The largest absolute Gasteiger partial charge is 0.417 e. The number of hydrogen-bond donors (Lipinski definition) is 1. The van der Waals surface area contributed by atoms with Crippen molar-refractivity contribution in [3.8, 4) is 5.75 Å². The minimum Gasteiger partial charge on any atom is -0.410 e. The lowest BCUT2D eigenvalue weighted by atomic mass is 9.83. The van der Waals surface area contributed by atoms with Gasteiger partial charge in [-0.3, -0.25) is 5.32 Å². The Morgan fingerprint density at radius 2 is 1.87 bits per heavy atom. The second kappa shape index (κ2) is 6.07. The molecule has 2 saturated carbocycles. The van der Waals surface area contributed by atoms with Gasteiger partial charge in [-0.15, -0.1) is 0 Å². The zero-order chi connectivity index (χ0) is 15.6. The zero-order valence-corrected chi connectivity index (χ0v) is 13.1. The number of carbonyl (C=O) groups is 1. The van der Waals surface area contributed by atoms with E-state index in [2.05, 4.69) is 11.4 Å². The average molecular weight is 307 g/mol. The van der Waals surface area contributed by atoms with E-state index in [1.165, 1.54) is 31.2 Å². The van der Waals surface area contributed by atoms with Gasteiger partial charge < -0.3 is 4.74 Å². The van der Waals surface area contributed by atoms with Gasteiger partial charge in [-0.1, -0.05) is 36.8 Å². The van der Waals surface area contributed by atoms with Gasteiger partial charge in [0.1, 0.15) is 5.75 Å². The van der Waals surface area contributed by atoms with E-state index in [1.807, 2.05) is 48.5 Å². The molecule has 1 amide bonds. The summed E-state index contributed by atoms with van der Waals surface area (Å²) in [5.41, 5.74) is 2.06. The molecular weight excluding hydrogens is 286 g/mol. The van der Waals surface area contributed by atoms with Gasteiger partial charge in [0.2, 0.25) is 0 Å². The molecule has 0 saturated heterocycles. The van der Waals surface area contributed by atoms with Gasteiger partial charge in [-0.25, -0.2) is 4.79 Å². The summed E-state index contributed by atoms with van der Waals surface area (Å²) in [7, 11) is 0. The molecule has 2 aliphatic carbocycles. The number of amides is 1. The van der Waals surface area contributed by atoms with Crippen LogP contribution in [-0.2, 0) is 0 Å². The highest BCUT2D eigenvalue weighted by Crippen LogP contribution is 2.53. The van der Waals surface area contributed by atoms with E-state index in [0.29, 0.717) is 11.7 Å². The molecule has 0 spiro atoms. The molecule has 0 aliphatic heterocycles. The monoisotopic (exact) mass is 307 g/mol. The van der Waals surface area contributed by atoms with E-state index >= 15 is 0 Å². The minimum absolute atomic E-state index is 0.443. The van der Waals surface area contributed by atoms with E-state index in [0.717, 1.165) is 17.5 Å². The van der Waals surface area contributed by atoms with Crippen molar-refractivity contribution < 1.29 is 9.53 Å². The summed E-state index contributed by atoms with van der Waals surface area (Å²) < 4.78 is 5.45. The van der Waals surface area contributed by atoms with E-state index in [1.54, 1.807) is 0 Å². The molecule has 1 N–H and O–H groups in total. The Bertz CT molecular complexity index is 698. The van der Waals surface area contributed by atoms with Gasteiger partial charge in [0.05, 0.1) is 0 Å². The molecule has 23 heavy (non-hydrogen) atoms. The first-order valence-corrected chi connectivity index (χ1v) is 8.42. The number of nitrogens with one attached hydrogen (secondary N) is 1. The van der Waals surface area contributed by atoms with E-state index in [-0.39, 0.29) is 0 Å².